The van der Waals surface area contributed by atoms with Gasteiger partial charge >= 0.3 is 0 Å². The summed E-state index contributed by atoms with van der Waals surface area (Å²) in [6.45, 7) is 0. The fourth-order valence-electron chi connectivity index (χ4n) is 3.61. The second-order valence-electron chi connectivity index (χ2n) is 7.03. The van der Waals surface area contributed by atoms with Crippen LogP contribution in [0.4, 0.5) is 0 Å². The number of aromatic nitrogens is 4. The van der Waals surface area contributed by atoms with E-state index in [4.69, 9.17) is 27.4 Å². The summed E-state index contributed by atoms with van der Waals surface area (Å²) in [5, 5.41) is 15.4. The molecule has 0 spiro atoms. The summed E-state index contributed by atoms with van der Waals surface area (Å²) in [6.07, 6.45) is 4.08. The highest BCUT2D eigenvalue weighted by Gasteiger charge is 2.31. The minimum absolute atomic E-state index is 0. The maximum absolute atomic E-state index is 9.96. The second-order valence-corrected chi connectivity index (χ2v) is 7.47. The molecule has 4 rings (SSSR count). The van der Waals surface area contributed by atoms with E-state index in [2.05, 4.69) is 4.98 Å². The Bertz CT molecular complexity index is 918. The second kappa shape index (κ2) is 9.01. The van der Waals surface area contributed by atoms with Crippen LogP contribution in [-0.2, 0) is 6.42 Å². The van der Waals surface area contributed by atoms with E-state index >= 15 is 0 Å². The van der Waals surface area contributed by atoms with Crippen molar-refractivity contribution in [1.82, 2.24) is 19.7 Å². The molecule has 1 aliphatic carbocycles. The average molecular weight is 420 g/mol. The molecular weight excluding hydrogens is 397 g/mol. The molecule has 0 unspecified atom stereocenters. The first-order chi connectivity index (χ1) is 13.1. The summed E-state index contributed by atoms with van der Waals surface area (Å²) in [4.78, 5) is 9.26. The van der Waals surface area contributed by atoms with E-state index < -0.39 is 6.10 Å². The minimum atomic E-state index is -0.446. The Balaban J connectivity index is 0.00000225. The Morgan fingerprint density at radius 1 is 1.18 bits per heavy atom. The molecule has 0 aliphatic heterocycles. The molecule has 3 aromatic rings. The normalized spacial score (nSPS) is 21.9. The molecule has 1 fully saturated rings. The Hall–Kier alpha value is -1.99. The van der Waals surface area contributed by atoms with E-state index in [1.54, 1.807) is 6.20 Å². The Kier molecular flexibility index (Phi) is 6.67. The summed E-state index contributed by atoms with van der Waals surface area (Å²) in [5.41, 5.74) is 7.16. The van der Waals surface area contributed by atoms with Crippen molar-refractivity contribution in [2.75, 3.05) is 0 Å². The van der Waals surface area contributed by atoms with E-state index in [0.717, 1.165) is 29.5 Å². The first-order valence-electron chi connectivity index (χ1n) is 9.15. The predicted octanol–water partition coefficient (Wildman–Crippen LogP) is 3.28. The largest absolute Gasteiger partial charge is 0.392 e. The number of rotatable bonds is 4. The predicted molar refractivity (Wildman–Crippen MR) is 111 cm³/mol. The average Bonchev–Trinajstić information content (AvgIpc) is 3.08. The van der Waals surface area contributed by atoms with Gasteiger partial charge in [-0.25, -0.2) is 9.97 Å². The highest BCUT2D eigenvalue weighted by molar-refractivity contribution is 6.30. The van der Waals surface area contributed by atoms with Gasteiger partial charge in [0, 0.05) is 29.6 Å². The SMILES string of the molecule is Cl.N[C@@H]1C[C@@H](c2nc(Cc3cccc(Cl)c3)nn2-c2ccccn2)CC[C@H]1O. The maximum atomic E-state index is 9.96. The number of benzene rings is 1. The molecule has 3 atom stereocenters. The summed E-state index contributed by atoms with van der Waals surface area (Å²) in [7, 11) is 0. The first-order valence-corrected chi connectivity index (χ1v) is 9.53. The van der Waals surface area contributed by atoms with Gasteiger partial charge in [0.05, 0.1) is 6.10 Å². The quantitative estimate of drug-likeness (QED) is 0.676. The van der Waals surface area contributed by atoms with E-state index in [1.807, 2.05) is 47.1 Å². The molecule has 1 saturated carbocycles. The van der Waals surface area contributed by atoms with Gasteiger partial charge in [-0.15, -0.1) is 17.5 Å². The van der Waals surface area contributed by atoms with Crippen molar-refractivity contribution in [3.8, 4) is 5.82 Å². The molecule has 1 aliphatic rings. The zero-order valence-corrected chi connectivity index (χ0v) is 16.9. The number of hydrogen-bond donors (Lipinski definition) is 2. The van der Waals surface area contributed by atoms with Gasteiger partial charge in [-0.2, -0.15) is 4.68 Å². The monoisotopic (exact) mass is 419 g/mol. The van der Waals surface area contributed by atoms with E-state index in [1.165, 1.54) is 0 Å². The lowest BCUT2D eigenvalue weighted by atomic mass is 9.83. The fraction of sp³-hybridized carbons (Fsp3) is 0.350. The van der Waals surface area contributed by atoms with Gasteiger partial charge in [0.15, 0.2) is 11.6 Å². The molecule has 8 heteroatoms. The zero-order valence-electron chi connectivity index (χ0n) is 15.3. The van der Waals surface area contributed by atoms with E-state index in [-0.39, 0.29) is 24.4 Å². The number of aliphatic hydroxyl groups excluding tert-OH is 1. The number of nitrogens with zero attached hydrogens (tertiary/aromatic N) is 4. The molecular formula is C20H23Cl2N5O. The van der Waals surface area contributed by atoms with Crippen molar-refractivity contribution in [2.45, 2.75) is 43.7 Å². The fourth-order valence-corrected chi connectivity index (χ4v) is 3.82. The molecule has 1 aromatic carbocycles. The van der Waals surface area contributed by atoms with Crippen LogP contribution in [-0.4, -0.2) is 37.0 Å². The summed E-state index contributed by atoms with van der Waals surface area (Å²) in [6, 6.07) is 13.2. The summed E-state index contributed by atoms with van der Waals surface area (Å²) < 4.78 is 1.81. The van der Waals surface area contributed by atoms with Gasteiger partial charge in [0.2, 0.25) is 0 Å². The van der Waals surface area contributed by atoms with Crippen LogP contribution in [0.15, 0.2) is 48.7 Å². The molecule has 2 heterocycles. The number of aliphatic hydroxyl groups is 1. The van der Waals surface area contributed by atoms with Gasteiger partial charge < -0.3 is 10.8 Å². The standard InChI is InChI=1S/C20H22ClN5O.ClH/c21-15-5-3-4-13(10-15)11-18-24-20(14-7-8-17(27)16(22)12-14)26(25-18)19-6-1-2-9-23-19;/h1-6,9-10,14,16-17,27H,7-8,11-12,22H2;1H/t14-,16+,17+;/m0./s1. The van der Waals surface area contributed by atoms with Crippen LogP contribution in [0, 0.1) is 0 Å². The maximum Gasteiger partial charge on any atom is 0.155 e. The molecule has 2 aromatic heterocycles. The third kappa shape index (κ3) is 4.52. The molecule has 0 bridgehead atoms. The van der Waals surface area contributed by atoms with Crippen LogP contribution < -0.4 is 5.73 Å². The highest BCUT2D eigenvalue weighted by atomic mass is 35.5. The highest BCUT2D eigenvalue weighted by Crippen LogP contribution is 2.32. The van der Waals surface area contributed by atoms with Crippen molar-refractivity contribution in [3.63, 3.8) is 0 Å². The van der Waals surface area contributed by atoms with Crippen LogP contribution in [0.3, 0.4) is 0 Å². The number of nitrogens with two attached hydrogens (primary N) is 1. The summed E-state index contributed by atoms with van der Waals surface area (Å²) >= 11 is 6.10. The van der Waals surface area contributed by atoms with Crippen molar-refractivity contribution in [3.05, 3.63) is 70.9 Å². The van der Waals surface area contributed by atoms with Gasteiger partial charge in [0.1, 0.15) is 5.82 Å². The van der Waals surface area contributed by atoms with Gasteiger partial charge in [-0.3, -0.25) is 0 Å². The molecule has 0 radical (unpaired) electrons. The van der Waals surface area contributed by atoms with Crippen LogP contribution in [0.2, 0.25) is 5.02 Å². The Morgan fingerprint density at radius 2 is 2.04 bits per heavy atom. The number of hydrogen-bond acceptors (Lipinski definition) is 5. The molecule has 3 N–H and O–H groups in total. The van der Waals surface area contributed by atoms with Crippen molar-refractivity contribution in [2.24, 2.45) is 5.73 Å². The van der Waals surface area contributed by atoms with Crippen LogP contribution in [0.5, 0.6) is 0 Å². The molecule has 0 amide bonds. The van der Waals surface area contributed by atoms with Gasteiger partial charge in [-0.1, -0.05) is 29.8 Å². The molecule has 28 heavy (non-hydrogen) atoms. The van der Waals surface area contributed by atoms with Gasteiger partial charge in [-0.05, 0) is 49.1 Å². The molecule has 0 saturated heterocycles. The van der Waals surface area contributed by atoms with E-state index in [9.17, 15) is 5.11 Å². The smallest absolute Gasteiger partial charge is 0.155 e. The van der Waals surface area contributed by atoms with Crippen LogP contribution in [0.1, 0.15) is 42.4 Å². The zero-order chi connectivity index (χ0) is 18.8. The van der Waals surface area contributed by atoms with Gasteiger partial charge in [0.25, 0.3) is 0 Å². The van der Waals surface area contributed by atoms with Crippen LogP contribution >= 0.6 is 24.0 Å². The van der Waals surface area contributed by atoms with Crippen molar-refractivity contribution in [1.29, 1.82) is 0 Å². The molecule has 148 valence electrons. The number of halogens is 2. The van der Waals surface area contributed by atoms with Crippen molar-refractivity contribution < 1.29 is 5.11 Å². The summed E-state index contributed by atoms with van der Waals surface area (Å²) in [5.74, 6) is 2.45. The lowest BCUT2D eigenvalue weighted by molar-refractivity contribution is 0.0989. The van der Waals surface area contributed by atoms with Crippen LogP contribution in [0.25, 0.3) is 5.82 Å². The Labute approximate surface area is 175 Å². The minimum Gasteiger partial charge on any atom is -0.392 e. The Morgan fingerprint density at radius 3 is 2.75 bits per heavy atom. The number of pyridine rings is 1. The first kappa shape index (κ1) is 20.7. The lowest BCUT2D eigenvalue weighted by Crippen LogP contribution is -2.40. The topological polar surface area (TPSA) is 89.9 Å². The molecule has 6 nitrogen and oxygen atoms in total. The third-order valence-electron chi connectivity index (χ3n) is 5.02. The van der Waals surface area contributed by atoms with Crippen molar-refractivity contribution >= 4 is 24.0 Å². The lowest BCUT2D eigenvalue weighted by Gasteiger charge is -2.30. The van der Waals surface area contributed by atoms with E-state index in [0.29, 0.717) is 24.3 Å². The third-order valence-corrected chi connectivity index (χ3v) is 5.26.